The minimum absolute atomic E-state index is 0.122. The highest BCUT2D eigenvalue weighted by atomic mass is 35.5. The van der Waals surface area contributed by atoms with Crippen LogP contribution in [0.3, 0.4) is 0 Å². The van der Waals surface area contributed by atoms with E-state index in [-0.39, 0.29) is 12.5 Å². The molecule has 1 amide bonds. The van der Waals surface area contributed by atoms with Crippen LogP contribution >= 0.6 is 11.6 Å². The maximum absolute atomic E-state index is 12.4. The number of carbonyl (C=O) groups is 1. The Morgan fingerprint density at radius 1 is 1.32 bits per heavy atom. The molecule has 0 saturated heterocycles. The van der Waals surface area contributed by atoms with Crippen molar-refractivity contribution in [3.05, 3.63) is 52.3 Å². The van der Waals surface area contributed by atoms with Crippen molar-refractivity contribution in [3.8, 4) is 0 Å². The normalized spacial score (nSPS) is 14.0. The summed E-state index contributed by atoms with van der Waals surface area (Å²) in [7, 11) is 0. The summed E-state index contributed by atoms with van der Waals surface area (Å²) in [6.45, 7) is 4.02. The largest absolute Gasteiger partial charge is 0.324 e. The van der Waals surface area contributed by atoms with Gasteiger partial charge in [-0.3, -0.25) is 4.79 Å². The fourth-order valence-corrected chi connectivity index (χ4v) is 3.34. The van der Waals surface area contributed by atoms with E-state index in [1.807, 2.05) is 32.2 Å². The lowest BCUT2D eigenvalue weighted by Crippen LogP contribution is -2.19. The van der Waals surface area contributed by atoms with Crippen molar-refractivity contribution >= 4 is 34.2 Å². The number of anilines is 1. The number of hydrogen-bond acceptors (Lipinski definition) is 3. The lowest BCUT2D eigenvalue weighted by Gasteiger charge is -2.08. The number of nitrogens with one attached hydrogen (secondary N) is 1. The van der Waals surface area contributed by atoms with Gasteiger partial charge in [-0.1, -0.05) is 17.7 Å². The quantitative estimate of drug-likeness (QED) is 0.763. The molecule has 6 heteroatoms. The second kappa shape index (κ2) is 6.15. The van der Waals surface area contributed by atoms with Crippen LogP contribution in [0.5, 0.6) is 0 Å². The molecule has 4 rings (SSSR count). The molecule has 1 fully saturated rings. The predicted octanol–water partition coefficient (Wildman–Crippen LogP) is 4.22. The second-order valence-corrected chi connectivity index (χ2v) is 7.04. The molecule has 2 heterocycles. The SMILES string of the molecule is Cc1ccc(NC(=O)Cn2nc(C)c3c(C4CC4)ccnc32)cc1Cl. The Morgan fingerprint density at radius 3 is 2.84 bits per heavy atom. The Balaban J connectivity index is 1.59. The van der Waals surface area contributed by atoms with E-state index in [2.05, 4.69) is 21.5 Å². The molecule has 0 bridgehead atoms. The summed E-state index contributed by atoms with van der Waals surface area (Å²) >= 11 is 6.11. The minimum Gasteiger partial charge on any atom is -0.324 e. The summed E-state index contributed by atoms with van der Waals surface area (Å²) < 4.78 is 1.68. The summed E-state index contributed by atoms with van der Waals surface area (Å²) in [4.78, 5) is 16.9. The van der Waals surface area contributed by atoms with Gasteiger partial charge in [0.1, 0.15) is 6.54 Å². The van der Waals surface area contributed by atoms with E-state index in [1.165, 1.54) is 18.4 Å². The first-order valence-corrected chi connectivity index (χ1v) is 8.79. The van der Waals surface area contributed by atoms with Gasteiger partial charge < -0.3 is 5.32 Å². The summed E-state index contributed by atoms with van der Waals surface area (Å²) in [6.07, 6.45) is 4.25. The summed E-state index contributed by atoms with van der Waals surface area (Å²) in [5.74, 6) is 0.466. The zero-order chi connectivity index (χ0) is 17.6. The number of carbonyl (C=O) groups excluding carboxylic acids is 1. The smallest absolute Gasteiger partial charge is 0.246 e. The molecule has 1 aliphatic rings. The molecule has 2 aromatic heterocycles. The lowest BCUT2D eigenvalue weighted by atomic mass is 10.1. The van der Waals surface area contributed by atoms with Crippen LogP contribution < -0.4 is 5.32 Å². The Hall–Kier alpha value is -2.40. The van der Waals surface area contributed by atoms with Crippen LogP contribution in [0.4, 0.5) is 5.69 Å². The van der Waals surface area contributed by atoms with E-state index >= 15 is 0 Å². The molecule has 25 heavy (non-hydrogen) atoms. The number of nitrogens with zero attached hydrogens (tertiary/aromatic N) is 3. The minimum atomic E-state index is -0.150. The molecule has 1 aliphatic carbocycles. The maximum Gasteiger partial charge on any atom is 0.246 e. The lowest BCUT2D eigenvalue weighted by molar-refractivity contribution is -0.116. The van der Waals surface area contributed by atoms with Crippen molar-refractivity contribution in [2.24, 2.45) is 0 Å². The standard InChI is InChI=1S/C19H19ClN4O/c1-11-3-6-14(9-16(11)20)22-17(25)10-24-19-18(12(2)23-24)15(7-8-21-19)13-4-5-13/h3,6-9,13H,4-5,10H2,1-2H3,(H,22,25). The van der Waals surface area contributed by atoms with Crippen molar-refractivity contribution in [3.63, 3.8) is 0 Å². The van der Waals surface area contributed by atoms with Gasteiger partial charge >= 0.3 is 0 Å². The van der Waals surface area contributed by atoms with E-state index in [4.69, 9.17) is 11.6 Å². The number of pyridine rings is 1. The molecule has 5 nitrogen and oxygen atoms in total. The Kier molecular flexibility index (Phi) is 3.96. The summed E-state index contributed by atoms with van der Waals surface area (Å²) in [6, 6.07) is 7.56. The van der Waals surface area contributed by atoms with E-state index < -0.39 is 0 Å². The number of halogens is 1. The van der Waals surface area contributed by atoms with Crippen molar-refractivity contribution in [2.75, 3.05) is 5.32 Å². The van der Waals surface area contributed by atoms with Crippen molar-refractivity contribution in [1.82, 2.24) is 14.8 Å². The molecule has 0 unspecified atom stereocenters. The molecule has 0 aliphatic heterocycles. The number of fused-ring (bicyclic) bond motifs is 1. The van der Waals surface area contributed by atoms with Gasteiger partial charge in [0, 0.05) is 22.3 Å². The Labute approximate surface area is 151 Å². The fourth-order valence-electron chi connectivity index (χ4n) is 3.16. The van der Waals surface area contributed by atoms with Crippen molar-refractivity contribution in [1.29, 1.82) is 0 Å². The van der Waals surface area contributed by atoms with Crippen LogP contribution in [0.15, 0.2) is 30.5 Å². The highest BCUT2D eigenvalue weighted by Gasteiger charge is 2.27. The molecule has 1 aromatic carbocycles. The van der Waals surface area contributed by atoms with Gasteiger partial charge in [-0.25, -0.2) is 9.67 Å². The highest BCUT2D eigenvalue weighted by Crippen LogP contribution is 2.43. The number of aryl methyl sites for hydroxylation is 2. The number of hydrogen-bond donors (Lipinski definition) is 1. The predicted molar refractivity (Wildman–Crippen MR) is 99.1 cm³/mol. The topological polar surface area (TPSA) is 59.8 Å². The molecular weight excluding hydrogens is 336 g/mol. The first kappa shape index (κ1) is 16.1. The highest BCUT2D eigenvalue weighted by molar-refractivity contribution is 6.31. The van der Waals surface area contributed by atoms with Gasteiger partial charge in [-0.2, -0.15) is 5.10 Å². The molecule has 0 atom stereocenters. The zero-order valence-electron chi connectivity index (χ0n) is 14.2. The maximum atomic E-state index is 12.4. The van der Waals surface area contributed by atoms with Crippen molar-refractivity contribution < 1.29 is 4.79 Å². The van der Waals surface area contributed by atoms with Gasteiger partial charge in [0.05, 0.1) is 5.69 Å². The van der Waals surface area contributed by atoms with Crippen LogP contribution in [0.2, 0.25) is 5.02 Å². The third kappa shape index (κ3) is 3.12. The third-order valence-electron chi connectivity index (χ3n) is 4.61. The van der Waals surface area contributed by atoms with Crippen molar-refractivity contribution in [2.45, 2.75) is 39.2 Å². The number of aromatic nitrogens is 3. The molecule has 0 spiro atoms. The molecular formula is C19H19ClN4O. The van der Waals surface area contributed by atoms with Crippen LogP contribution in [0.25, 0.3) is 11.0 Å². The van der Waals surface area contributed by atoms with Gasteiger partial charge in [0.25, 0.3) is 0 Å². The average Bonchev–Trinajstić information content (AvgIpc) is 3.37. The van der Waals surface area contributed by atoms with E-state index in [9.17, 15) is 4.79 Å². The Bertz CT molecular complexity index is 975. The third-order valence-corrected chi connectivity index (χ3v) is 5.01. The van der Waals surface area contributed by atoms with Gasteiger partial charge in [-0.05, 0) is 61.9 Å². The fraction of sp³-hybridized carbons (Fsp3) is 0.316. The Morgan fingerprint density at radius 2 is 2.12 bits per heavy atom. The average molecular weight is 355 g/mol. The number of amides is 1. The van der Waals surface area contributed by atoms with E-state index in [1.54, 1.807) is 10.7 Å². The first-order chi connectivity index (χ1) is 12.0. The summed E-state index contributed by atoms with van der Waals surface area (Å²) in [5, 5.41) is 9.14. The monoisotopic (exact) mass is 354 g/mol. The summed E-state index contributed by atoms with van der Waals surface area (Å²) in [5.41, 5.74) is 4.67. The molecule has 1 saturated carbocycles. The van der Waals surface area contributed by atoms with Gasteiger partial charge in [0.15, 0.2) is 5.65 Å². The van der Waals surface area contributed by atoms with Crippen LogP contribution in [0.1, 0.15) is 35.6 Å². The number of rotatable bonds is 4. The molecule has 3 aromatic rings. The van der Waals surface area contributed by atoms with Gasteiger partial charge in [0.2, 0.25) is 5.91 Å². The van der Waals surface area contributed by atoms with Crippen LogP contribution in [-0.2, 0) is 11.3 Å². The zero-order valence-corrected chi connectivity index (χ0v) is 15.0. The molecule has 1 N–H and O–H groups in total. The molecule has 0 radical (unpaired) electrons. The van der Waals surface area contributed by atoms with Gasteiger partial charge in [-0.15, -0.1) is 0 Å². The van der Waals surface area contributed by atoms with E-state index in [0.29, 0.717) is 16.6 Å². The van der Waals surface area contributed by atoms with E-state index in [0.717, 1.165) is 22.3 Å². The first-order valence-electron chi connectivity index (χ1n) is 8.41. The molecule has 128 valence electrons. The van der Waals surface area contributed by atoms with Crippen LogP contribution in [-0.4, -0.2) is 20.7 Å². The van der Waals surface area contributed by atoms with Crippen LogP contribution in [0, 0.1) is 13.8 Å². The second-order valence-electron chi connectivity index (χ2n) is 6.63. The number of benzene rings is 1.